The quantitative estimate of drug-likeness (QED) is 0.802. The molecule has 0 atom stereocenters. The molecule has 0 fully saturated rings. The van der Waals surface area contributed by atoms with Gasteiger partial charge in [-0.1, -0.05) is 17.7 Å². The van der Waals surface area contributed by atoms with Gasteiger partial charge in [-0.15, -0.1) is 0 Å². The molecule has 0 saturated carbocycles. The van der Waals surface area contributed by atoms with Crippen LogP contribution in [0.5, 0.6) is 0 Å². The molecule has 6 nitrogen and oxygen atoms in total. The van der Waals surface area contributed by atoms with Crippen molar-refractivity contribution in [1.29, 1.82) is 0 Å². The van der Waals surface area contributed by atoms with Crippen molar-refractivity contribution in [2.45, 2.75) is 32.8 Å². The van der Waals surface area contributed by atoms with Crippen LogP contribution in [0.1, 0.15) is 32.8 Å². The van der Waals surface area contributed by atoms with Gasteiger partial charge in [-0.05, 0) is 32.8 Å². The highest BCUT2D eigenvalue weighted by molar-refractivity contribution is 6.32. The average Bonchev–Trinajstić information content (AvgIpc) is 2.92. The van der Waals surface area contributed by atoms with E-state index in [0.29, 0.717) is 23.8 Å². The van der Waals surface area contributed by atoms with Crippen LogP contribution in [-0.4, -0.2) is 44.3 Å². The fraction of sp³-hybridized carbons (Fsp3) is 0.438. The van der Waals surface area contributed by atoms with Crippen LogP contribution < -0.4 is 0 Å². The third-order valence-corrected chi connectivity index (χ3v) is 3.88. The van der Waals surface area contributed by atoms with Gasteiger partial charge >= 0.3 is 6.09 Å². The molecule has 3 heterocycles. The number of halogens is 1. The summed E-state index contributed by atoms with van der Waals surface area (Å²) in [6.45, 7) is 6.71. The second kappa shape index (κ2) is 5.85. The zero-order valence-electron chi connectivity index (χ0n) is 13.4. The van der Waals surface area contributed by atoms with Crippen molar-refractivity contribution >= 4 is 28.9 Å². The Labute approximate surface area is 139 Å². The number of nitrogens with zero attached hydrogens (tertiary/aromatic N) is 4. The molecule has 0 aliphatic carbocycles. The first-order valence-corrected chi connectivity index (χ1v) is 7.87. The number of carbonyl (C=O) groups excluding carboxylic acids is 1. The molecule has 7 heteroatoms. The van der Waals surface area contributed by atoms with Gasteiger partial charge in [0.1, 0.15) is 11.9 Å². The molecular weight excluding hydrogens is 316 g/mol. The van der Waals surface area contributed by atoms with Crippen LogP contribution in [0.4, 0.5) is 4.79 Å². The van der Waals surface area contributed by atoms with Gasteiger partial charge in [-0.3, -0.25) is 0 Å². The standard InChI is InChI=1S/C16H19ClN4O2/c1-16(2,3)23-15(22)20-6-4-11(5-7-20)12-9-21-14(8-13(12)17)18-10-19-21/h4,8-10H,5-7H2,1-3H3. The predicted octanol–water partition coefficient (Wildman–Crippen LogP) is 3.41. The Balaban J connectivity index is 1.77. The Morgan fingerprint density at radius 1 is 1.39 bits per heavy atom. The minimum atomic E-state index is -0.484. The van der Waals surface area contributed by atoms with Gasteiger partial charge in [-0.25, -0.2) is 14.3 Å². The molecule has 0 radical (unpaired) electrons. The summed E-state index contributed by atoms with van der Waals surface area (Å²) in [5.41, 5.74) is 2.26. The highest BCUT2D eigenvalue weighted by Gasteiger charge is 2.24. The van der Waals surface area contributed by atoms with E-state index in [1.165, 1.54) is 6.33 Å². The summed E-state index contributed by atoms with van der Waals surface area (Å²) in [4.78, 5) is 17.9. The smallest absolute Gasteiger partial charge is 0.410 e. The van der Waals surface area contributed by atoms with Crippen molar-refractivity contribution < 1.29 is 9.53 Å². The molecule has 122 valence electrons. The first kappa shape index (κ1) is 15.8. The molecule has 2 aromatic heterocycles. The summed E-state index contributed by atoms with van der Waals surface area (Å²) in [5.74, 6) is 0. The van der Waals surface area contributed by atoms with E-state index < -0.39 is 5.60 Å². The number of amides is 1. The summed E-state index contributed by atoms with van der Waals surface area (Å²) in [6, 6.07) is 1.80. The fourth-order valence-electron chi connectivity index (χ4n) is 2.48. The van der Waals surface area contributed by atoms with Crippen molar-refractivity contribution in [1.82, 2.24) is 19.5 Å². The van der Waals surface area contributed by atoms with Crippen LogP contribution in [0.2, 0.25) is 5.02 Å². The van der Waals surface area contributed by atoms with Crippen LogP contribution in [0.3, 0.4) is 0 Å². The molecule has 23 heavy (non-hydrogen) atoms. The minimum Gasteiger partial charge on any atom is -0.444 e. The van der Waals surface area contributed by atoms with Gasteiger partial charge in [0.15, 0.2) is 5.65 Å². The number of hydrogen-bond donors (Lipinski definition) is 0. The van der Waals surface area contributed by atoms with Crippen LogP contribution >= 0.6 is 11.6 Å². The molecule has 0 spiro atoms. The lowest BCUT2D eigenvalue weighted by molar-refractivity contribution is 0.0270. The molecule has 1 aliphatic heterocycles. The summed E-state index contributed by atoms with van der Waals surface area (Å²) in [6.07, 6.45) is 5.82. The summed E-state index contributed by atoms with van der Waals surface area (Å²) in [5, 5.41) is 4.78. The van der Waals surface area contributed by atoms with Crippen molar-refractivity contribution in [3.63, 3.8) is 0 Å². The number of fused-ring (bicyclic) bond motifs is 1. The molecular formula is C16H19ClN4O2. The van der Waals surface area contributed by atoms with Crippen LogP contribution in [0, 0.1) is 0 Å². The number of hydrogen-bond acceptors (Lipinski definition) is 4. The Bertz CT molecular complexity index is 776. The normalized spacial score (nSPS) is 15.7. The van der Waals surface area contributed by atoms with E-state index in [1.807, 2.05) is 33.0 Å². The molecule has 0 bridgehead atoms. The number of carbonyl (C=O) groups is 1. The molecule has 2 aromatic rings. The highest BCUT2D eigenvalue weighted by Crippen LogP contribution is 2.29. The Morgan fingerprint density at radius 3 is 2.83 bits per heavy atom. The summed E-state index contributed by atoms with van der Waals surface area (Å²) >= 11 is 6.35. The zero-order valence-corrected chi connectivity index (χ0v) is 14.2. The average molecular weight is 335 g/mol. The van der Waals surface area contributed by atoms with Crippen molar-refractivity contribution in [2.24, 2.45) is 0 Å². The van der Waals surface area contributed by atoms with Crippen LogP contribution in [0.25, 0.3) is 11.2 Å². The van der Waals surface area contributed by atoms with E-state index in [0.717, 1.165) is 17.6 Å². The summed E-state index contributed by atoms with van der Waals surface area (Å²) < 4.78 is 7.10. The highest BCUT2D eigenvalue weighted by atomic mass is 35.5. The third-order valence-electron chi connectivity index (χ3n) is 3.57. The number of aromatic nitrogens is 3. The lowest BCUT2D eigenvalue weighted by Gasteiger charge is -2.29. The molecule has 3 rings (SSSR count). The maximum absolute atomic E-state index is 12.1. The van der Waals surface area contributed by atoms with Crippen molar-refractivity contribution in [3.05, 3.63) is 35.3 Å². The molecule has 0 aromatic carbocycles. The topological polar surface area (TPSA) is 59.7 Å². The second-order valence-corrected chi connectivity index (χ2v) is 6.91. The third kappa shape index (κ3) is 3.47. The monoisotopic (exact) mass is 334 g/mol. The predicted molar refractivity (Wildman–Crippen MR) is 88.4 cm³/mol. The zero-order chi connectivity index (χ0) is 16.6. The molecule has 1 amide bonds. The van der Waals surface area contributed by atoms with Crippen molar-refractivity contribution in [3.8, 4) is 0 Å². The Kier molecular flexibility index (Phi) is 4.02. The first-order valence-electron chi connectivity index (χ1n) is 7.50. The first-order chi connectivity index (χ1) is 10.8. The largest absolute Gasteiger partial charge is 0.444 e. The SMILES string of the molecule is CC(C)(C)OC(=O)N1CC=C(c2cn3ncnc3cc2Cl)CC1. The number of rotatable bonds is 1. The molecule has 0 N–H and O–H groups in total. The minimum absolute atomic E-state index is 0.286. The number of pyridine rings is 1. The van der Waals surface area contributed by atoms with Gasteiger partial charge in [0, 0.05) is 30.9 Å². The van der Waals surface area contributed by atoms with Crippen LogP contribution in [-0.2, 0) is 4.74 Å². The Hall–Kier alpha value is -2.08. The molecule has 0 unspecified atom stereocenters. The van der Waals surface area contributed by atoms with Gasteiger partial charge in [0.2, 0.25) is 0 Å². The van der Waals surface area contributed by atoms with E-state index in [-0.39, 0.29) is 6.09 Å². The van der Waals surface area contributed by atoms with E-state index >= 15 is 0 Å². The lowest BCUT2D eigenvalue weighted by atomic mass is 10.0. The Morgan fingerprint density at radius 2 is 2.17 bits per heavy atom. The van der Waals surface area contributed by atoms with Gasteiger partial charge in [-0.2, -0.15) is 5.10 Å². The van der Waals surface area contributed by atoms with Gasteiger partial charge in [0.25, 0.3) is 0 Å². The molecule has 1 aliphatic rings. The molecule has 0 saturated heterocycles. The van der Waals surface area contributed by atoms with Gasteiger partial charge in [0.05, 0.1) is 5.02 Å². The van der Waals surface area contributed by atoms with Crippen molar-refractivity contribution in [2.75, 3.05) is 13.1 Å². The van der Waals surface area contributed by atoms with E-state index in [1.54, 1.807) is 15.5 Å². The maximum Gasteiger partial charge on any atom is 0.410 e. The van der Waals surface area contributed by atoms with E-state index in [2.05, 4.69) is 10.1 Å². The fourth-order valence-corrected chi connectivity index (χ4v) is 2.75. The van der Waals surface area contributed by atoms with Crippen LogP contribution in [0.15, 0.2) is 24.7 Å². The van der Waals surface area contributed by atoms with Gasteiger partial charge < -0.3 is 9.64 Å². The lowest BCUT2D eigenvalue weighted by Crippen LogP contribution is -2.39. The summed E-state index contributed by atoms with van der Waals surface area (Å²) in [7, 11) is 0. The van der Waals surface area contributed by atoms with E-state index in [9.17, 15) is 4.79 Å². The maximum atomic E-state index is 12.1. The second-order valence-electron chi connectivity index (χ2n) is 6.50. The number of ether oxygens (including phenoxy) is 1. The van der Waals surface area contributed by atoms with E-state index in [4.69, 9.17) is 16.3 Å².